The normalized spacial score (nSPS) is 12.7. The second kappa shape index (κ2) is 15.1. The Balaban J connectivity index is 2.47. The second-order valence-electron chi connectivity index (χ2n) is 10.8. The summed E-state index contributed by atoms with van der Waals surface area (Å²) in [6.45, 7) is 12.8. The van der Waals surface area contributed by atoms with E-state index in [1.54, 1.807) is 33.8 Å². The standard InChI is InChI=1S/C31H43N3O6/c1-8-39-26(35)18-19-32-28(36)27(24-17-13-12-14-22(24)4)34(21(2)3)29(37)25(20-23-15-10-9-11-16-23)33-30(38)40-31(5,6)7/h9-17,21,25,27H,8,18-20H2,1-7H3,(H,32,36)(H,33,38). The number of carbonyl (C=O) groups excluding carboxylic acids is 4. The smallest absolute Gasteiger partial charge is 0.408 e. The van der Waals surface area contributed by atoms with Crippen LogP contribution in [0.5, 0.6) is 0 Å². The predicted octanol–water partition coefficient (Wildman–Crippen LogP) is 4.48. The first-order valence-electron chi connectivity index (χ1n) is 13.7. The van der Waals surface area contributed by atoms with Crippen molar-refractivity contribution in [2.75, 3.05) is 13.2 Å². The summed E-state index contributed by atoms with van der Waals surface area (Å²) in [5.41, 5.74) is 1.55. The Labute approximate surface area is 237 Å². The van der Waals surface area contributed by atoms with Gasteiger partial charge < -0.3 is 25.0 Å². The van der Waals surface area contributed by atoms with Crippen molar-refractivity contribution < 1.29 is 28.7 Å². The zero-order valence-electron chi connectivity index (χ0n) is 24.7. The fourth-order valence-corrected chi connectivity index (χ4v) is 4.29. The van der Waals surface area contributed by atoms with Gasteiger partial charge in [0.1, 0.15) is 17.7 Å². The van der Waals surface area contributed by atoms with Crippen LogP contribution in [0.3, 0.4) is 0 Å². The van der Waals surface area contributed by atoms with E-state index in [0.717, 1.165) is 11.1 Å². The van der Waals surface area contributed by atoms with Crippen LogP contribution in [0.15, 0.2) is 54.6 Å². The van der Waals surface area contributed by atoms with Crippen LogP contribution in [0.4, 0.5) is 4.79 Å². The molecule has 218 valence electrons. The van der Waals surface area contributed by atoms with E-state index in [-0.39, 0.29) is 26.0 Å². The summed E-state index contributed by atoms with van der Waals surface area (Å²) in [7, 11) is 0. The van der Waals surface area contributed by atoms with Crippen molar-refractivity contribution >= 4 is 23.9 Å². The van der Waals surface area contributed by atoms with Crippen LogP contribution >= 0.6 is 0 Å². The number of carbonyl (C=O) groups is 4. The highest BCUT2D eigenvalue weighted by Crippen LogP contribution is 2.28. The minimum absolute atomic E-state index is 0.00648. The van der Waals surface area contributed by atoms with Crippen molar-refractivity contribution in [1.29, 1.82) is 0 Å². The van der Waals surface area contributed by atoms with E-state index in [0.29, 0.717) is 5.56 Å². The number of hydrogen-bond donors (Lipinski definition) is 2. The van der Waals surface area contributed by atoms with Crippen molar-refractivity contribution in [2.24, 2.45) is 0 Å². The fourth-order valence-electron chi connectivity index (χ4n) is 4.29. The lowest BCUT2D eigenvalue weighted by molar-refractivity contribution is -0.145. The maximum Gasteiger partial charge on any atom is 0.408 e. The van der Waals surface area contributed by atoms with Gasteiger partial charge in [-0.05, 0) is 65.2 Å². The third kappa shape index (κ3) is 10.0. The van der Waals surface area contributed by atoms with Gasteiger partial charge in [0.05, 0.1) is 13.0 Å². The first kappa shape index (κ1) is 32.3. The summed E-state index contributed by atoms with van der Waals surface area (Å²) >= 11 is 0. The number of esters is 1. The summed E-state index contributed by atoms with van der Waals surface area (Å²) in [6.07, 6.45) is -0.517. The van der Waals surface area contributed by atoms with Crippen LogP contribution in [-0.2, 0) is 30.3 Å². The van der Waals surface area contributed by atoms with E-state index in [4.69, 9.17) is 9.47 Å². The summed E-state index contributed by atoms with van der Waals surface area (Å²) in [6, 6.07) is 14.3. The number of nitrogens with zero attached hydrogens (tertiary/aromatic N) is 1. The molecule has 9 heteroatoms. The monoisotopic (exact) mass is 553 g/mol. The third-order valence-corrected chi connectivity index (χ3v) is 6.03. The van der Waals surface area contributed by atoms with E-state index in [9.17, 15) is 19.2 Å². The topological polar surface area (TPSA) is 114 Å². The van der Waals surface area contributed by atoms with Gasteiger partial charge in [0.2, 0.25) is 11.8 Å². The van der Waals surface area contributed by atoms with Crippen molar-refractivity contribution in [3.63, 3.8) is 0 Å². The Hall–Kier alpha value is -3.88. The lowest BCUT2D eigenvalue weighted by atomic mass is 9.96. The molecule has 9 nitrogen and oxygen atoms in total. The van der Waals surface area contributed by atoms with Crippen LogP contribution < -0.4 is 10.6 Å². The number of nitrogens with one attached hydrogen (secondary N) is 2. The van der Waals surface area contributed by atoms with E-state index < -0.39 is 47.6 Å². The summed E-state index contributed by atoms with van der Waals surface area (Å²) in [5.74, 6) is -1.29. The minimum atomic E-state index is -1.00. The maximum absolute atomic E-state index is 14.3. The molecule has 2 N–H and O–H groups in total. The number of ether oxygens (including phenoxy) is 2. The molecule has 0 heterocycles. The molecular weight excluding hydrogens is 510 g/mol. The summed E-state index contributed by atoms with van der Waals surface area (Å²) in [5, 5.41) is 5.55. The molecule has 0 spiro atoms. The van der Waals surface area contributed by atoms with Crippen LogP contribution in [0.2, 0.25) is 0 Å². The Morgan fingerprint density at radius 2 is 1.57 bits per heavy atom. The molecule has 0 radical (unpaired) electrons. The average molecular weight is 554 g/mol. The molecule has 2 unspecified atom stereocenters. The first-order chi connectivity index (χ1) is 18.8. The Bertz CT molecular complexity index is 1140. The van der Waals surface area contributed by atoms with E-state index in [1.165, 1.54) is 4.90 Å². The van der Waals surface area contributed by atoms with Gasteiger partial charge in [0.25, 0.3) is 0 Å². The van der Waals surface area contributed by atoms with Gasteiger partial charge in [-0.2, -0.15) is 0 Å². The molecule has 0 aliphatic carbocycles. The fraction of sp³-hybridized carbons (Fsp3) is 0.484. The molecule has 2 rings (SSSR count). The highest BCUT2D eigenvalue weighted by atomic mass is 16.6. The number of alkyl carbamates (subject to hydrolysis) is 1. The minimum Gasteiger partial charge on any atom is -0.466 e. The number of amides is 3. The van der Waals surface area contributed by atoms with Gasteiger partial charge in [0, 0.05) is 19.0 Å². The van der Waals surface area contributed by atoms with Gasteiger partial charge in [-0.1, -0.05) is 54.6 Å². The lowest BCUT2D eigenvalue weighted by Gasteiger charge is -2.37. The molecule has 0 saturated carbocycles. The molecular formula is C31H43N3O6. The number of benzene rings is 2. The quantitative estimate of drug-likeness (QED) is 0.375. The highest BCUT2D eigenvalue weighted by molar-refractivity contribution is 5.92. The third-order valence-electron chi connectivity index (χ3n) is 6.03. The Morgan fingerprint density at radius 1 is 0.950 bits per heavy atom. The van der Waals surface area contributed by atoms with Crippen molar-refractivity contribution in [1.82, 2.24) is 15.5 Å². The first-order valence-corrected chi connectivity index (χ1v) is 13.7. The van der Waals surface area contributed by atoms with Crippen LogP contribution in [0.1, 0.15) is 70.7 Å². The largest absolute Gasteiger partial charge is 0.466 e. The van der Waals surface area contributed by atoms with Crippen molar-refractivity contribution in [3.8, 4) is 0 Å². The van der Waals surface area contributed by atoms with Gasteiger partial charge in [-0.15, -0.1) is 0 Å². The molecule has 0 aliphatic rings. The number of rotatable bonds is 12. The molecule has 0 aromatic heterocycles. The average Bonchev–Trinajstić information content (AvgIpc) is 2.86. The molecule has 0 saturated heterocycles. The molecule has 0 bridgehead atoms. The molecule has 3 amide bonds. The molecule has 40 heavy (non-hydrogen) atoms. The van der Waals surface area contributed by atoms with Gasteiger partial charge in [0.15, 0.2) is 0 Å². The van der Waals surface area contributed by atoms with Crippen LogP contribution in [0, 0.1) is 6.92 Å². The lowest BCUT2D eigenvalue weighted by Crippen LogP contribution is -2.56. The zero-order chi connectivity index (χ0) is 29.9. The maximum atomic E-state index is 14.3. The Morgan fingerprint density at radius 3 is 2.15 bits per heavy atom. The molecule has 2 aromatic carbocycles. The predicted molar refractivity (Wildman–Crippen MR) is 153 cm³/mol. The molecule has 0 aliphatic heterocycles. The zero-order valence-corrected chi connectivity index (χ0v) is 24.7. The second-order valence-corrected chi connectivity index (χ2v) is 10.8. The molecule has 2 atom stereocenters. The summed E-state index contributed by atoms with van der Waals surface area (Å²) in [4.78, 5) is 54.1. The highest BCUT2D eigenvalue weighted by Gasteiger charge is 2.38. The SMILES string of the molecule is CCOC(=O)CCNC(=O)C(c1ccccc1C)N(C(=O)C(Cc1ccccc1)NC(=O)OC(C)(C)C)C(C)C. The van der Waals surface area contributed by atoms with Gasteiger partial charge in [-0.25, -0.2) is 4.79 Å². The van der Waals surface area contributed by atoms with Crippen molar-refractivity contribution in [3.05, 3.63) is 71.3 Å². The number of aryl methyl sites for hydroxylation is 1. The number of hydrogen-bond acceptors (Lipinski definition) is 6. The molecule has 2 aromatic rings. The van der Waals surface area contributed by atoms with E-state index in [2.05, 4.69) is 10.6 Å². The summed E-state index contributed by atoms with van der Waals surface area (Å²) < 4.78 is 10.4. The van der Waals surface area contributed by atoms with Crippen LogP contribution in [-0.4, -0.2) is 59.6 Å². The molecule has 0 fully saturated rings. The van der Waals surface area contributed by atoms with Crippen molar-refractivity contribution in [2.45, 2.75) is 85.0 Å². The van der Waals surface area contributed by atoms with Gasteiger partial charge in [-0.3, -0.25) is 14.4 Å². The Kier molecular flexibility index (Phi) is 12.2. The van der Waals surface area contributed by atoms with Gasteiger partial charge >= 0.3 is 12.1 Å². The van der Waals surface area contributed by atoms with E-state index >= 15 is 0 Å². The van der Waals surface area contributed by atoms with Crippen LogP contribution in [0.25, 0.3) is 0 Å². The van der Waals surface area contributed by atoms with E-state index in [1.807, 2.05) is 69.3 Å².